The molecule has 1 saturated carbocycles. The van der Waals surface area contributed by atoms with Gasteiger partial charge in [-0.1, -0.05) is 477 Å². The minimum Gasteiger partial charge on any atom is -0.465 e. The van der Waals surface area contributed by atoms with Gasteiger partial charge in [0, 0.05) is 6.42 Å². The molecule has 564 valence electrons. The summed E-state index contributed by atoms with van der Waals surface area (Å²) in [6, 6.07) is 0. The van der Waals surface area contributed by atoms with E-state index in [1.165, 1.54) is 417 Å². The van der Waals surface area contributed by atoms with E-state index in [1.807, 2.05) is 13.8 Å². The van der Waals surface area contributed by atoms with E-state index in [0.29, 0.717) is 6.42 Å². The van der Waals surface area contributed by atoms with Gasteiger partial charge < -0.3 is 14.2 Å². The highest BCUT2D eigenvalue weighted by molar-refractivity contribution is 5.73. The molecule has 0 aromatic heterocycles. The lowest BCUT2D eigenvalue weighted by Gasteiger charge is -2.29. The van der Waals surface area contributed by atoms with Crippen LogP contribution >= 0.6 is 0 Å². The van der Waals surface area contributed by atoms with E-state index >= 15 is 0 Å². The molecule has 1 aliphatic rings. The second-order valence-electron chi connectivity index (χ2n) is 32.1. The molecule has 1 rings (SSSR count). The Morgan fingerprint density at radius 3 is 0.758 bits per heavy atom. The van der Waals surface area contributed by atoms with Gasteiger partial charge in [-0.25, -0.2) is 0 Å². The van der Waals surface area contributed by atoms with Crippen LogP contribution in [-0.4, -0.2) is 37.7 Å². The van der Waals surface area contributed by atoms with Crippen LogP contribution in [0.3, 0.4) is 0 Å². The minimum atomic E-state index is -0.820. The number of hydrogen-bond acceptors (Lipinski definition) is 6. The van der Waals surface area contributed by atoms with Gasteiger partial charge in [0.1, 0.15) is 19.8 Å². The molecule has 0 aromatic rings. The molecule has 2 unspecified atom stereocenters. The molecule has 6 heteroatoms. The van der Waals surface area contributed by atoms with Crippen molar-refractivity contribution in [3.8, 4) is 0 Å². The highest BCUT2D eigenvalue weighted by Gasteiger charge is 2.33. The molecule has 0 bridgehead atoms. The highest BCUT2D eigenvalue weighted by Crippen LogP contribution is 2.27. The number of rotatable bonds is 58. The Morgan fingerprint density at radius 1 is 0.284 bits per heavy atom. The first-order valence-corrected chi connectivity index (χ1v) is 44.3. The van der Waals surface area contributed by atoms with Crippen molar-refractivity contribution < 1.29 is 28.6 Å². The Balaban J connectivity index is 2.55. The van der Waals surface area contributed by atoms with E-state index in [0.717, 1.165) is 64.2 Å². The zero-order valence-electron chi connectivity index (χ0n) is 65.5. The Hall–Kier alpha value is -1.59. The van der Waals surface area contributed by atoms with Crippen LogP contribution < -0.4 is 0 Å². The van der Waals surface area contributed by atoms with E-state index < -0.39 is 5.41 Å². The van der Waals surface area contributed by atoms with Gasteiger partial charge in [-0.2, -0.15) is 0 Å². The molecule has 0 saturated heterocycles. The van der Waals surface area contributed by atoms with Crippen LogP contribution in [0.1, 0.15) is 516 Å². The molecule has 0 spiro atoms. The van der Waals surface area contributed by atoms with Crippen molar-refractivity contribution >= 4 is 17.9 Å². The van der Waals surface area contributed by atoms with Crippen LogP contribution in [0, 0.1) is 17.3 Å². The van der Waals surface area contributed by atoms with Crippen molar-refractivity contribution in [2.24, 2.45) is 17.3 Å². The molecule has 0 radical (unpaired) electrons. The molecule has 0 aliphatic heterocycles. The standard InChI is InChI=1S/C89H172O6/c1-5-7-9-11-13-15-17-19-21-23-25-27-29-30-36-40-44-48-52-56-60-64-68-72-76-80-86(90)93-81-89(4,82-94-87(91)84(3)77-73-69-65-61-57-53-49-45-41-37-33-28-26-24-22-20-18-16-14-12-10-8-6-2)83-95-88(92)85-78-74-70-66-62-58-54-50-46-42-38-34-31-32-35-39-43-47-51-55-59-63-67-71-75-79-85/h84-85H,5-83H2,1-4H3. The molecule has 1 fully saturated rings. The van der Waals surface area contributed by atoms with Crippen LogP contribution in [0.4, 0.5) is 0 Å². The average Bonchev–Trinajstić information content (AvgIpc) is 1.19. The first-order chi connectivity index (χ1) is 46.8. The largest absolute Gasteiger partial charge is 0.465 e. The van der Waals surface area contributed by atoms with Gasteiger partial charge in [-0.05, 0) is 32.6 Å². The topological polar surface area (TPSA) is 78.9 Å². The summed E-state index contributed by atoms with van der Waals surface area (Å²) in [5.74, 6) is -0.844. The monoisotopic (exact) mass is 1340 g/mol. The summed E-state index contributed by atoms with van der Waals surface area (Å²) in [5, 5.41) is 0. The van der Waals surface area contributed by atoms with Gasteiger partial charge in [0.2, 0.25) is 0 Å². The summed E-state index contributed by atoms with van der Waals surface area (Å²) < 4.78 is 18.4. The maximum Gasteiger partial charge on any atom is 0.308 e. The third-order valence-corrected chi connectivity index (χ3v) is 22.0. The summed E-state index contributed by atoms with van der Waals surface area (Å²) >= 11 is 0. The molecule has 95 heavy (non-hydrogen) atoms. The lowest BCUT2D eigenvalue weighted by Crippen LogP contribution is -2.38. The molecule has 0 aromatic carbocycles. The lowest BCUT2D eigenvalue weighted by molar-refractivity contribution is -0.164. The maximum absolute atomic E-state index is 14.2. The summed E-state index contributed by atoms with van der Waals surface area (Å²) in [6.45, 7) is 8.80. The fraction of sp³-hybridized carbons (Fsp3) is 0.966. The van der Waals surface area contributed by atoms with E-state index in [4.69, 9.17) is 14.2 Å². The van der Waals surface area contributed by atoms with Crippen molar-refractivity contribution in [1.29, 1.82) is 0 Å². The predicted molar refractivity (Wildman–Crippen MR) is 416 cm³/mol. The molecule has 0 N–H and O–H groups in total. The molecule has 0 amide bonds. The summed E-state index contributed by atoms with van der Waals surface area (Å²) in [6.07, 6.45) is 100. The van der Waals surface area contributed by atoms with Crippen molar-refractivity contribution in [1.82, 2.24) is 0 Å². The molecular weight excluding hydrogens is 1160 g/mol. The number of esters is 3. The number of ether oxygens (including phenoxy) is 3. The van der Waals surface area contributed by atoms with Crippen LogP contribution in [0.25, 0.3) is 0 Å². The van der Waals surface area contributed by atoms with Crippen LogP contribution in [-0.2, 0) is 28.6 Å². The van der Waals surface area contributed by atoms with Crippen molar-refractivity contribution in [2.75, 3.05) is 19.8 Å². The average molecular weight is 1340 g/mol. The molecule has 2 atom stereocenters. The van der Waals surface area contributed by atoms with Crippen LogP contribution in [0.2, 0.25) is 0 Å². The zero-order valence-corrected chi connectivity index (χ0v) is 65.5. The van der Waals surface area contributed by atoms with Crippen LogP contribution in [0.5, 0.6) is 0 Å². The third kappa shape index (κ3) is 68.0. The van der Waals surface area contributed by atoms with E-state index in [9.17, 15) is 14.4 Å². The maximum atomic E-state index is 14.2. The molecule has 1 aliphatic carbocycles. The van der Waals surface area contributed by atoms with Gasteiger partial charge in [-0.3, -0.25) is 14.4 Å². The highest BCUT2D eigenvalue weighted by atomic mass is 16.6. The Labute approximate surface area is 596 Å². The second-order valence-corrected chi connectivity index (χ2v) is 32.1. The van der Waals surface area contributed by atoms with Gasteiger partial charge in [0.25, 0.3) is 0 Å². The van der Waals surface area contributed by atoms with Crippen molar-refractivity contribution in [3.05, 3.63) is 0 Å². The molecule has 0 heterocycles. The number of carbonyl (C=O) groups excluding carboxylic acids is 3. The first-order valence-electron chi connectivity index (χ1n) is 44.3. The summed E-state index contributed by atoms with van der Waals surface area (Å²) in [5.41, 5.74) is -0.820. The predicted octanol–water partition coefficient (Wildman–Crippen LogP) is 30.6. The van der Waals surface area contributed by atoms with Gasteiger partial charge in [0.05, 0.1) is 17.3 Å². The zero-order chi connectivity index (χ0) is 68.4. The fourth-order valence-electron chi connectivity index (χ4n) is 15.0. The quantitative estimate of drug-likeness (QED) is 0.0343. The SMILES string of the molecule is CCCCCCCCCCCCCCCCCCCCCCCCCCCC(=O)OCC(C)(COC(=O)C(C)CCCCCCCCCCCCCCCCCCCCCCCCC)COC(=O)C1CCCCCCCCCCCCCCCCCCCCCCCCCC1. The second kappa shape index (κ2) is 75.1. The summed E-state index contributed by atoms with van der Waals surface area (Å²) in [4.78, 5) is 41.1. The third-order valence-electron chi connectivity index (χ3n) is 22.0. The van der Waals surface area contributed by atoms with Gasteiger partial charge in [0.15, 0.2) is 0 Å². The van der Waals surface area contributed by atoms with E-state index in [1.54, 1.807) is 0 Å². The minimum absolute atomic E-state index is 0.0698. The van der Waals surface area contributed by atoms with Crippen molar-refractivity contribution in [3.63, 3.8) is 0 Å². The van der Waals surface area contributed by atoms with Crippen LogP contribution in [0.15, 0.2) is 0 Å². The van der Waals surface area contributed by atoms with Gasteiger partial charge >= 0.3 is 17.9 Å². The van der Waals surface area contributed by atoms with Crippen molar-refractivity contribution in [2.45, 2.75) is 516 Å². The van der Waals surface area contributed by atoms with Gasteiger partial charge in [-0.15, -0.1) is 0 Å². The first kappa shape index (κ1) is 91.4. The number of unbranched alkanes of at least 4 members (excludes halogenated alkanes) is 46. The number of hydrogen-bond donors (Lipinski definition) is 0. The summed E-state index contributed by atoms with van der Waals surface area (Å²) in [7, 11) is 0. The Bertz CT molecular complexity index is 1520. The number of carbonyl (C=O) groups is 3. The smallest absolute Gasteiger partial charge is 0.308 e. The normalized spacial score (nSPS) is 16.4. The Kier molecular flexibility index (Phi) is 72.3. The molecular formula is C89H172O6. The molecule has 6 nitrogen and oxygen atoms in total. The fourth-order valence-corrected chi connectivity index (χ4v) is 15.0. The Morgan fingerprint density at radius 2 is 0.495 bits per heavy atom. The van der Waals surface area contributed by atoms with E-state index in [2.05, 4.69) is 13.8 Å². The van der Waals surface area contributed by atoms with E-state index in [-0.39, 0.29) is 49.6 Å². The lowest BCUT2D eigenvalue weighted by atomic mass is 9.92.